The van der Waals surface area contributed by atoms with Gasteiger partial charge >= 0.3 is 0 Å². The van der Waals surface area contributed by atoms with Crippen LogP contribution in [-0.2, 0) is 9.59 Å². The first-order valence-corrected chi connectivity index (χ1v) is 8.89. The molecule has 0 spiro atoms. The number of ether oxygens (including phenoxy) is 1. The Labute approximate surface area is 153 Å². The molecule has 136 valence electrons. The third-order valence-corrected chi connectivity index (χ3v) is 4.42. The van der Waals surface area contributed by atoms with E-state index in [-0.39, 0.29) is 17.7 Å². The van der Waals surface area contributed by atoms with Gasteiger partial charge in [0.25, 0.3) is 0 Å². The summed E-state index contributed by atoms with van der Waals surface area (Å²) in [5.41, 5.74) is 0.727. The summed E-state index contributed by atoms with van der Waals surface area (Å²) in [4.78, 5) is 30.6. The van der Waals surface area contributed by atoms with Gasteiger partial charge in [0.05, 0.1) is 18.9 Å². The number of amides is 2. The van der Waals surface area contributed by atoms with Crippen molar-refractivity contribution < 1.29 is 14.3 Å². The number of carbonyl (C=O) groups excluding carboxylic acids is 2. The Balaban J connectivity index is 1.46. The summed E-state index contributed by atoms with van der Waals surface area (Å²) >= 11 is 0. The van der Waals surface area contributed by atoms with E-state index in [9.17, 15) is 9.59 Å². The normalized spacial score (nSPS) is 16.8. The zero-order chi connectivity index (χ0) is 18.2. The van der Waals surface area contributed by atoms with Crippen molar-refractivity contribution in [1.29, 1.82) is 0 Å². The first-order chi connectivity index (χ1) is 12.7. The highest BCUT2D eigenvalue weighted by Gasteiger charge is 2.28. The van der Waals surface area contributed by atoms with Gasteiger partial charge in [-0.25, -0.2) is 0 Å². The van der Waals surface area contributed by atoms with Gasteiger partial charge in [0.2, 0.25) is 11.8 Å². The van der Waals surface area contributed by atoms with E-state index >= 15 is 0 Å². The van der Waals surface area contributed by atoms with Crippen LogP contribution in [0.1, 0.15) is 19.3 Å². The zero-order valence-electron chi connectivity index (χ0n) is 14.6. The number of nitrogens with zero attached hydrogens (tertiary/aromatic N) is 2. The Morgan fingerprint density at radius 1 is 1.15 bits per heavy atom. The summed E-state index contributed by atoms with van der Waals surface area (Å²) in [5.74, 6) is 0.557. The van der Waals surface area contributed by atoms with Crippen LogP contribution in [0.15, 0.2) is 54.9 Å². The fourth-order valence-corrected chi connectivity index (χ4v) is 3.03. The van der Waals surface area contributed by atoms with Gasteiger partial charge in [-0.1, -0.05) is 18.2 Å². The molecular weight excluding hydrogens is 330 g/mol. The van der Waals surface area contributed by atoms with Crippen molar-refractivity contribution in [2.24, 2.45) is 5.92 Å². The van der Waals surface area contributed by atoms with Crippen molar-refractivity contribution in [3.63, 3.8) is 0 Å². The topological polar surface area (TPSA) is 71.5 Å². The molecular formula is C20H23N3O3. The molecule has 2 aromatic rings. The van der Waals surface area contributed by atoms with Gasteiger partial charge < -0.3 is 15.0 Å². The second kappa shape index (κ2) is 8.99. The van der Waals surface area contributed by atoms with Gasteiger partial charge in [-0.2, -0.15) is 0 Å². The molecule has 2 amide bonds. The van der Waals surface area contributed by atoms with Crippen LogP contribution in [0.3, 0.4) is 0 Å². The van der Waals surface area contributed by atoms with Crippen molar-refractivity contribution in [2.45, 2.75) is 19.3 Å². The maximum absolute atomic E-state index is 12.4. The van der Waals surface area contributed by atoms with E-state index in [1.807, 2.05) is 30.3 Å². The predicted octanol–water partition coefficient (Wildman–Crippen LogP) is 2.73. The lowest BCUT2D eigenvalue weighted by molar-refractivity contribution is -0.135. The maximum atomic E-state index is 12.4. The summed E-state index contributed by atoms with van der Waals surface area (Å²) in [6, 6.07) is 13.0. The molecule has 1 N–H and O–H groups in total. The molecule has 26 heavy (non-hydrogen) atoms. The van der Waals surface area contributed by atoms with Crippen LogP contribution < -0.4 is 10.1 Å². The summed E-state index contributed by atoms with van der Waals surface area (Å²) in [6.45, 7) is 1.50. The van der Waals surface area contributed by atoms with E-state index in [1.165, 1.54) is 0 Å². The van der Waals surface area contributed by atoms with Crippen LogP contribution in [0.25, 0.3) is 0 Å². The molecule has 0 bridgehead atoms. The van der Waals surface area contributed by atoms with Crippen LogP contribution in [-0.4, -0.2) is 41.4 Å². The molecule has 1 aliphatic heterocycles. The number of para-hydroxylation sites is 1. The van der Waals surface area contributed by atoms with Crippen molar-refractivity contribution >= 4 is 17.5 Å². The SMILES string of the molecule is O=C(Nc1ccncc1)[C@@H]1CCCN(C(=O)CCOc2ccccc2)C1. The quantitative estimate of drug-likeness (QED) is 0.867. The van der Waals surface area contributed by atoms with Gasteiger partial charge in [0, 0.05) is 31.2 Å². The maximum Gasteiger partial charge on any atom is 0.229 e. The van der Waals surface area contributed by atoms with Crippen LogP contribution in [0, 0.1) is 5.92 Å². The molecule has 1 aromatic carbocycles. The van der Waals surface area contributed by atoms with Gasteiger partial charge in [0.1, 0.15) is 5.75 Å². The highest BCUT2D eigenvalue weighted by molar-refractivity contribution is 5.93. The molecule has 6 heteroatoms. The molecule has 1 atom stereocenters. The van der Waals surface area contributed by atoms with Crippen LogP contribution in [0.5, 0.6) is 5.75 Å². The van der Waals surface area contributed by atoms with Crippen molar-refractivity contribution in [1.82, 2.24) is 9.88 Å². The minimum Gasteiger partial charge on any atom is -0.493 e. The number of anilines is 1. The number of aromatic nitrogens is 1. The zero-order valence-corrected chi connectivity index (χ0v) is 14.6. The van der Waals surface area contributed by atoms with Crippen molar-refractivity contribution in [2.75, 3.05) is 25.0 Å². The molecule has 1 aliphatic rings. The third-order valence-electron chi connectivity index (χ3n) is 4.42. The average molecular weight is 353 g/mol. The molecule has 6 nitrogen and oxygen atoms in total. The van der Waals surface area contributed by atoms with E-state index < -0.39 is 0 Å². The standard InChI is InChI=1S/C20H23N3O3/c24-19(10-14-26-18-6-2-1-3-7-18)23-13-4-5-16(15-23)20(25)22-17-8-11-21-12-9-17/h1-3,6-9,11-12,16H,4-5,10,13-15H2,(H,21,22,25)/t16-/m1/s1. The minimum absolute atomic E-state index is 0.0299. The molecule has 3 rings (SSSR count). The number of nitrogens with one attached hydrogen (secondary N) is 1. The number of piperidine rings is 1. The summed E-state index contributed by atoms with van der Waals surface area (Å²) in [5, 5.41) is 2.89. The van der Waals surface area contributed by atoms with Crippen LogP contribution >= 0.6 is 0 Å². The van der Waals surface area contributed by atoms with Crippen molar-refractivity contribution in [3.05, 3.63) is 54.9 Å². The molecule has 1 aromatic heterocycles. The molecule has 1 fully saturated rings. The lowest BCUT2D eigenvalue weighted by Gasteiger charge is -2.32. The Bertz CT molecular complexity index is 722. The highest BCUT2D eigenvalue weighted by atomic mass is 16.5. The fraction of sp³-hybridized carbons (Fsp3) is 0.350. The number of hydrogen-bond donors (Lipinski definition) is 1. The third kappa shape index (κ3) is 5.05. The first-order valence-electron chi connectivity index (χ1n) is 8.89. The van der Waals surface area contributed by atoms with Gasteiger partial charge in [-0.3, -0.25) is 14.6 Å². The molecule has 0 unspecified atom stereocenters. The number of hydrogen-bond acceptors (Lipinski definition) is 4. The van der Waals surface area contributed by atoms with E-state index in [4.69, 9.17) is 4.74 Å². The Hall–Kier alpha value is -2.89. The second-order valence-electron chi connectivity index (χ2n) is 6.32. The summed E-state index contributed by atoms with van der Waals surface area (Å²) in [6.07, 6.45) is 5.21. The van der Waals surface area contributed by atoms with Gasteiger partial charge in [0.15, 0.2) is 0 Å². The number of carbonyl (C=O) groups is 2. The smallest absolute Gasteiger partial charge is 0.229 e. The van der Waals surface area contributed by atoms with Gasteiger partial charge in [-0.05, 0) is 37.1 Å². The van der Waals surface area contributed by atoms with E-state index in [0.29, 0.717) is 26.1 Å². The lowest BCUT2D eigenvalue weighted by Crippen LogP contribution is -2.44. The van der Waals surface area contributed by atoms with Crippen LogP contribution in [0.4, 0.5) is 5.69 Å². The molecule has 1 saturated heterocycles. The number of benzene rings is 1. The van der Waals surface area contributed by atoms with E-state index in [2.05, 4.69) is 10.3 Å². The molecule has 0 saturated carbocycles. The molecule has 0 aliphatic carbocycles. The van der Waals surface area contributed by atoms with Crippen LogP contribution in [0.2, 0.25) is 0 Å². The number of rotatable bonds is 6. The fourth-order valence-electron chi connectivity index (χ4n) is 3.03. The largest absolute Gasteiger partial charge is 0.493 e. The highest BCUT2D eigenvalue weighted by Crippen LogP contribution is 2.19. The Morgan fingerprint density at radius 2 is 1.92 bits per heavy atom. The number of likely N-dealkylation sites (tertiary alicyclic amines) is 1. The van der Waals surface area contributed by atoms with E-state index in [1.54, 1.807) is 29.4 Å². The second-order valence-corrected chi connectivity index (χ2v) is 6.32. The summed E-state index contributed by atoms with van der Waals surface area (Å²) in [7, 11) is 0. The van der Waals surface area contributed by atoms with Crippen molar-refractivity contribution in [3.8, 4) is 5.75 Å². The number of pyridine rings is 1. The monoisotopic (exact) mass is 353 g/mol. The minimum atomic E-state index is -0.184. The van der Waals surface area contributed by atoms with E-state index in [0.717, 1.165) is 24.3 Å². The van der Waals surface area contributed by atoms with Gasteiger partial charge in [-0.15, -0.1) is 0 Å². The predicted molar refractivity (Wildman–Crippen MR) is 98.7 cm³/mol. The molecule has 2 heterocycles. The average Bonchev–Trinajstić information content (AvgIpc) is 2.69. The molecule has 0 radical (unpaired) electrons. The lowest BCUT2D eigenvalue weighted by atomic mass is 9.96. The first kappa shape index (κ1) is 17.9. The summed E-state index contributed by atoms with van der Waals surface area (Å²) < 4.78 is 5.59. The Kier molecular flexibility index (Phi) is 6.19. The Morgan fingerprint density at radius 3 is 2.69 bits per heavy atom.